The van der Waals surface area contributed by atoms with E-state index in [1.807, 2.05) is 0 Å². The zero-order valence-corrected chi connectivity index (χ0v) is 15.3. The van der Waals surface area contributed by atoms with E-state index in [4.69, 9.17) is 9.15 Å². The molecule has 1 aromatic heterocycles. The second-order valence-electron chi connectivity index (χ2n) is 7.17. The van der Waals surface area contributed by atoms with Crippen LogP contribution in [-0.4, -0.2) is 80.4 Å². The van der Waals surface area contributed by atoms with Gasteiger partial charge >= 0.3 is 0 Å². The number of morpholine rings is 1. The number of ether oxygens (including phenoxy) is 1. The van der Waals surface area contributed by atoms with E-state index < -0.39 is 5.60 Å². The number of hydrogen-bond donors (Lipinski definition) is 2. The largest absolute Gasteiger partial charge is 0.466 e. The number of aliphatic imine (C=N–C) groups is 1. The third-order valence-electron chi connectivity index (χ3n) is 5.06. The zero-order valence-electron chi connectivity index (χ0n) is 15.3. The topological polar surface area (TPSA) is 73.5 Å². The summed E-state index contributed by atoms with van der Waals surface area (Å²) < 4.78 is 10.8. The Morgan fingerprint density at radius 3 is 2.88 bits per heavy atom. The summed E-state index contributed by atoms with van der Waals surface area (Å²) in [6.45, 7) is 9.00. The fraction of sp³-hybridized carbons (Fsp3) is 0.722. The average molecular weight is 350 g/mol. The predicted molar refractivity (Wildman–Crippen MR) is 96.6 cm³/mol. The number of hydrogen-bond acceptors (Lipinski definition) is 5. The van der Waals surface area contributed by atoms with E-state index in [-0.39, 0.29) is 0 Å². The van der Waals surface area contributed by atoms with Crippen LogP contribution in [-0.2, 0) is 10.3 Å². The maximum atomic E-state index is 10.6. The predicted octanol–water partition coefficient (Wildman–Crippen LogP) is 0.717. The molecule has 2 aliphatic heterocycles. The highest BCUT2D eigenvalue weighted by atomic mass is 16.5. The van der Waals surface area contributed by atoms with E-state index >= 15 is 0 Å². The molecule has 0 aliphatic carbocycles. The van der Waals surface area contributed by atoms with Gasteiger partial charge in [0.25, 0.3) is 0 Å². The van der Waals surface area contributed by atoms with Crippen molar-refractivity contribution in [3.8, 4) is 0 Å². The Kier molecular flexibility index (Phi) is 5.98. The third kappa shape index (κ3) is 4.74. The molecular weight excluding hydrogens is 320 g/mol. The summed E-state index contributed by atoms with van der Waals surface area (Å²) in [6, 6.07) is 3.58. The van der Waals surface area contributed by atoms with Crippen molar-refractivity contribution in [3.05, 3.63) is 24.2 Å². The molecule has 2 saturated heterocycles. The summed E-state index contributed by atoms with van der Waals surface area (Å²) in [5.74, 6) is 2.06. The van der Waals surface area contributed by atoms with Crippen molar-refractivity contribution < 1.29 is 14.3 Å². The maximum absolute atomic E-state index is 10.6. The van der Waals surface area contributed by atoms with Crippen LogP contribution in [0.15, 0.2) is 27.8 Å². The Bertz CT molecular complexity index is 553. The summed E-state index contributed by atoms with van der Waals surface area (Å²) in [5.41, 5.74) is -1.06. The Morgan fingerprint density at radius 2 is 2.20 bits per heavy atom. The molecule has 2 unspecified atom stereocenters. The highest BCUT2D eigenvalue weighted by Crippen LogP contribution is 2.21. The van der Waals surface area contributed by atoms with Gasteiger partial charge in [-0.05, 0) is 31.4 Å². The van der Waals surface area contributed by atoms with Crippen LogP contribution in [0.2, 0.25) is 0 Å². The first-order valence-electron chi connectivity index (χ1n) is 9.10. The second kappa shape index (κ2) is 8.21. The van der Waals surface area contributed by atoms with Crippen LogP contribution in [0.5, 0.6) is 0 Å². The molecule has 7 nitrogen and oxygen atoms in total. The van der Waals surface area contributed by atoms with Gasteiger partial charge in [0.2, 0.25) is 0 Å². The number of nitrogens with one attached hydrogen (secondary N) is 1. The smallest absolute Gasteiger partial charge is 0.193 e. The van der Waals surface area contributed by atoms with Crippen LogP contribution in [0.25, 0.3) is 0 Å². The van der Waals surface area contributed by atoms with Gasteiger partial charge < -0.3 is 24.5 Å². The maximum Gasteiger partial charge on any atom is 0.193 e. The molecule has 3 rings (SSSR count). The molecular formula is C18H30N4O3. The minimum Gasteiger partial charge on any atom is -0.466 e. The van der Waals surface area contributed by atoms with Crippen molar-refractivity contribution in [3.63, 3.8) is 0 Å². The molecule has 0 saturated carbocycles. The quantitative estimate of drug-likeness (QED) is 0.602. The lowest BCUT2D eigenvalue weighted by atomic mass is 10.0. The lowest BCUT2D eigenvalue weighted by Gasteiger charge is -2.29. The zero-order chi connectivity index (χ0) is 17.7. The molecule has 7 heteroatoms. The van der Waals surface area contributed by atoms with Gasteiger partial charge in [0.05, 0.1) is 26.0 Å². The lowest BCUT2D eigenvalue weighted by Crippen LogP contribution is -2.46. The van der Waals surface area contributed by atoms with Crippen molar-refractivity contribution in [1.82, 2.24) is 15.1 Å². The van der Waals surface area contributed by atoms with Gasteiger partial charge in [-0.3, -0.25) is 9.89 Å². The summed E-state index contributed by atoms with van der Waals surface area (Å²) in [6.07, 6.45) is 2.75. The van der Waals surface area contributed by atoms with Gasteiger partial charge in [-0.2, -0.15) is 0 Å². The summed E-state index contributed by atoms with van der Waals surface area (Å²) in [7, 11) is 1.79. The monoisotopic (exact) mass is 350 g/mol. The Hall–Kier alpha value is -1.57. The normalized spacial score (nSPS) is 25.2. The SMILES string of the molecule is CN=C(NCC(C)(O)c1ccco1)N1CCC(CN2CCOCC2)C1. The molecule has 0 bridgehead atoms. The number of likely N-dealkylation sites (tertiary alicyclic amines) is 1. The Balaban J connectivity index is 1.48. The Labute approximate surface area is 149 Å². The van der Waals surface area contributed by atoms with E-state index in [9.17, 15) is 5.11 Å². The first kappa shape index (κ1) is 18.2. The van der Waals surface area contributed by atoms with E-state index in [1.54, 1.807) is 32.4 Å². The van der Waals surface area contributed by atoms with Crippen molar-refractivity contribution in [2.75, 3.05) is 59.5 Å². The van der Waals surface area contributed by atoms with Gasteiger partial charge in [0.15, 0.2) is 5.96 Å². The minimum atomic E-state index is -1.06. The molecule has 2 aliphatic rings. The fourth-order valence-electron chi connectivity index (χ4n) is 3.58. The van der Waals surface area contributed by atoms with Crippen molar-refractivity contribution in [2.45, 2.75) is 18.9 Å². The first-order chi connectivity index (χ1) is 12.1. The van der Waals surface area contributed by atoms with Crippen LogP contribution in [0.1, 0.15) is 19.1 Å². The molecule has 1 aromatic rings. The first-order valence-corrected chi connectivity index (χ1v) is 9.10. The molecule has 0 amide bonds. The van der Waals surface area contributed by atoms with E-state index in [2.05, 4.69) is 20.1 Å². The van der Waals surface area contributed by atoms with Crippen molar-refractivity contribution >= 4 is 5.96 Å². The van der Waals surface area contributed by atoms with Gasteiger partial charge in [0.1, 0.15) is 11.4 Å². The number of aliphatic hydroxyl groups is 1. The molecule has 140 valence electrons. The summed E-state index contributed by atoms with van der Waals surface area (Å²) >= 11 is 0. The van der Waals surface area contributed by atoms with E-state index in [1.165, 1.54) is 6.42 Å². The van der Waals surface area contributed by atoms with Gasteiger partial charge in [-0.25, -0.2) is 0 Å². The molecule has 0 spiro atoms. The van der Waals surface area contributed by atoms with Crippen LogP contribution in [0, 0.1) is 5.92 Å². The number of rotatable bonds is 5. The summed E-state index contributed by atoms with van der Waals surface area (Å²) in [5, 5.41) is 13.9. The van der Waals surface area contributed by atoms with E-state index in [0.29, 0.717) is 18.2 Å². The second-order valence-corrected chi connectivity index (χ2v) is 7.17. The van der Waals surface area contributed by atoms with E-state index in [0.717, 1.165) is 51.9 Å². The molecule has 25 heavy (non-hydrogen) atoms. The van der Waals surface area contributed by atoms with Crippen molar-refractivity contribution in [2.24, 2.45) is 10.9 Å². The lowest BCUT2D eigenvalue weighted by molar-refractivity contribution is 0.0314. The highest BCUT2D eigenvalue weighted by Gasteiger charge is 2.30. The fourth-order valence-corrected chi connectivity index (χ4v) is 3.58. The standard InChI is InChI=1S/C18H30N4O3/c1-18(23,16-4-3-9-25-16)14-20-17(19-2)22-6-5-15(13-22)12-21-7-10-24-11-8-21/h3-4,9,15,23H,5-8,10-14H2,1-2H3,(H,19,20). The number of nitrogens with zero attached hydrogens (tertiary/aromatic N) is 3. The van der Waals surface area contributed by atoms with Gasteiger partial charge in [-0.1, -0.05) is 0 Å². The summed E-state index contributed by atoms with van der Waals surface area (Å²) in [4.78, 5) is 9.17. The molecule has 2 atom stereocenters. The van der Waals surface area contributed by atoms with Crippen LogP contribution in [0.3, 0.4) is 0 Å². The molecule has 2 N–H and O–H groups in total. The van der Waals surface area contributed by atoms with Crippen LogP contribution in [0.4, 0.5) is 0 Å². The van der Waals surface area contributed by atoms with Gasteiger partial charge in [0, 0.05) is 39.8 Å². The average Bonchev–Trinajstić information content (AvgIpc) is 3.29. The third-order valence-corrected chi connectivity index (χ3v) is 5.06. The highest BCUT2D eigenvalue weighted by molar-refractivity contribution is 5.80. The molecule has 0 radical (unpaired) electrons. The van der Waals surface area contributed by atoms with Gasteiger partial charge in [-0.15, -0.1) is 0 Å². The van der Waals surface area contributed by atoms with Crippen LogP contribution >= 0.6 is 0 Å². The van der Waals surface area contributed by atoms with Crippen molar-refractivity contribution in [1.29, 1.82) is 0 Å². The molecule has 2 fully saturated rings. The molecule has 3 heterocycles. The number of guanidine groups is 1. The molecule has 0 aromatic carbocycles. The van der Waals surface area contributed by atoms with Crippen LogP contribution < -0.4 is 5.32 Å². The number of furan rings is 1. The Morgan fingerprint density at radius 1 is 1.40 bits per heavy atom. The minimum absolute atomic E-state index is 0.359.